The van der Waals surface area contributed by atoms with Gasteiger partial charge in [-0.15, -0.1) is 0 Å². The largest absolute Gasteiger partial charge is 0.353 e. The maximum Gasteiger partial charge on any atom is 0.246 e. The van der Waals surface area contributed by atoms with Crippen molar-refractivity contribution in [3.8, 4) is 0 Å². The van der Waals surface area contributed by atoms with Crippen LogP contribution in [0.1, 0.15) is 36.8 Å². The van der Waals surface area contributed by atoms with E-state index in [2.05, 4.69) is 34.5 Å². The van der Waals surface area contributed by atoms with Gasteiger partial charge in [-0.2, -0.15) is 0 Å². The van der Waals surface area contributed by atoms with E-state index < -0.39 is 0 Å². The lowest BCUT2D eigenvalue weighted by atomic mass is 9.94. The third kappa shape index (κ3) is 6.30. The van der Waals surface area contributed by atoms with E-state index in [9.17, 15) is 9.59 Å². The highest BCUT2D eigenvalue weighted by Gasteiger charge is 2.29. The van der Waals surface area contributed by atoms with Crippen molar-refractivity contribution >= 4 is 17.9 Å². The van der Waals surface area contributed by atoms with Crippen LogP contribution < -0.4 is 5.32 Å². The van der Waals surface area contributed by atoms with Crippen LogP contribution in [0.4, 0.5) is 0 Å². The molecule has 0 aromatic heterocycles. The molecular weight excluding hydrogens is 398 g/mol. The normalized spacial score (nSPS) is 18.7. The maximum atomic E-state index is 12.8. The van der Waals surface area contributed by atoms with Gasteiger partial charge in [0, 0.05) is 50.8 Å². The Bertz CT molecular complexity index is 897. The van der Waals surface area contributed by atoms with Crippen molar-refractivity contribution < 1.29 is 9.59 Å². The Kier molecular flexibility index (Phi) is 7.73. The second-order valence-corrected chi connectivity index (χ2v) is 8.89. The van der Waals surface area contributed by atoms with Crippen LogP contribution >= 0.6 is 0 Å². The summed E-state index contributed by atoms with van der Waals surface area (Å²) < 4.78 is 0. The molecule has 0 saturated carbocycles. The van der Waals surface area contributed by atoms with E-state index in [4.69, 9.17) is 0 Å². The molecule has 1 N–H and O–H groups in total. The van der Waals surface area contributed by atoms with E-state index in [1.54, 1.807) is 6.08 Å². The maximum absolute atomic E-state index is 12.8. The molecule has 0 radical (unpaired) electrons. The van der Waals surface area contributed by atoms with Crippen molar-refractivity contribution in [2.75, 3.05) is 26.2 Å². The molecule has 0 atom stereocenters. The number of likely N-dealkylation sites (tertiary alicyclic amines) is 2. The minimum absolute atomic E-state index is 0.0134. The minimum atomic E-state index is 0.0134. The number of nitrogens with zero attached hydrogens (tertiary/aromatic N) is 2. The van der Waals surface area contributed by atoms with Gasteiger partial charge in [0.2, 0.25) is 11.8 Å². The number of hydrogen-bond donors (Lipinski definition) is 1. The molecule has 2 amide bonds. The first-order chi connectivity index (χ1) is 15.7. The van der Waals surface area contributed by atoms with Crippen LogP contribution in [0.25, 0.3) is 6.08 Å². The predicted octanol–water partition coefficient (Wildman–Crippen LogP) is 3.72. The molecule has 5 heteroatoms. The Morgan fingerprint density at radius 3 is 2.12 bits per heavy atom. The summed E-state index contributed by atoms with van der Waals surface area (Å²) in [5, 5.41) is 3.28. The van der Waals surface area contributed by atoms with Gasteiger partial charge in [-0.3, -0.25) is 14.5 Å². The SMILES string of the molecule is O=C(NC1CCN(Cc2ccccc2)CC1)C1CCN(C(=O)C=Cc2ccccc2)CC1. The highest BCUT2D eigenvalue weighted by atomic mass is 16.2. The second-order valence-electron chi connectivity index (χ2n) is 8.89. The summed E-state index contributed by atoms with van der Waals surface area (Å²) in [5.41, 5.74) is 2.36. The fraction of sp³-hybridized carbons (Fsp3) is 0.407. The molecular formula is C27H33N3O2. The van der Waals surface area contributed by atoms with E-state index in [-0.39, 0.29) is 23.8 Å². The number of nitrogens with one attached hydrogen (secondary N) is 1. The summed E-state index contributed by atoms with van der Waals surface area (Å²) in [4.78, 5) is 29.6. The highest BCUT2D eigenvalue weighted by molar-refractivity contribution is 5.92. The topological polar surface area (TPSA) is 52.7 Å². The summed E-state index contributed by atoms with van der Waals surface area (Å²) in [6.07, 6.45) is 6.97. The van der Waals surface area contributed by atoms with Gasteiger partial charge in [0.05, 0.1) is 0 Å². The van der Waals surface area contributed by atoms with Gasteiger partial charge in [-0.25, -0.2) is 0 Å². The summed E-state index contributed by atoms with van der Waals surface area (Å²) >= 11 is 0. The quantitative estimate of drug-likeness (QED) is 0.710. The van der Waals surface area contributed by atoms with Crippen LogP contribution in [-0.2, 0) is 16.1 Å². The Balaban J connectivity index is 1.16. The van der Waals surface area contributed by atoms with Crippen LogP contribution in [0.5, 0.6) is 0 Å². The smallest absolute Gasteiger partial charge is 0.246 e. The van der Waals surface area contributed by atoms with Gasteiger partial charge >= 0.3 is 0 Å². The third-order valence-corrected chi connectivity index (χ3v) is 6.58. The molecule has 2 aliphatic heterocycles. The minimum Gasteiger partial charge on any atom is -0.353 e. The van der Waals surface area contributed by atoms with Crippen molar-refractivity contribution in [3.63, 3.8) is 0 Å². The molecule has 0 aliphatic carbocycles. The number of piperidine rings is 2. The van der Waals surface area contributed by atoms with Crippen LogP contribution in [-0.4, -0.2) is 53.8 Å². The standard InChI is InChI=1S/C27H33N3O2/c31-26(12-11-22-7-3-1-4-8-22)30-19-13-24(14-20-30)27(32)28-25-15-17-29(18-16-25)21-23-9-5-2-6-10-23/h1-12,24-25H,13-21H2,(H,28,32). The van der Waals surface area contributed by atoms with Crippen molar-refractivity contribution in [3.05, 3.63) is 77.9 Å². The molecule has 2 aliphatic rings. The molecule has 5 nitrogen and oxygen atoms in total. The van der Waals surface area contributed by atoms with Gasteiger partial charge in [-0.05, 0) is 42.9 Å². The predicted molar refractivity (Wildman–Crippen MR) is 128 cm³/mol. The van der Waals surface area contributed by atoms with Crippen LogP contribution in [0, 0.1) is 5.92 Å². The van der Waals surface area contributed by atoms with Crippen molar-refractivity contribution in [2.24, 2.45) is 5.92 Å². The number of benzene rings is 2. The van der Waals surface area contributed by atoms with Crippen molar-refractivity contribution in [1.29, 1.82) is 0 Å². The lowest BCUT2D eigenvalue weighted by molar-refractivity contribution is -0.132. The van der Waals surface area contributed by atoms with Crippen molar-refractivity contribution in [1.82, 2.24) is 15.1 Å². The lowest BCUT2D eigenvalue weighted by Gasteiger charge is -2.35. The lowest BCUT2D eigenvalue weighted by Crippen LogP contribution is -2.48. The Morgan fingerprint density at radius 1 is 0.844 bits per heavy atom. The molecule has 2 heterocycles. The number of carbonyl (C=O) groups excluding carboxylic acids is 2. The van der Waals surface area contributed by atoms with Gasteiger partial charge in [0.1, 0.15) is 0 Å². The molecule has 0 spiro atoms. The number of hydrogen-bond acceptors (Lipinski definition) is 3. The summed E-state index contributed by atoms with van der Waals surface area (Å²) in [5.74, 6) is 0.205. The average Bonchev–Trinajstić information content (AvgIpc) is 2.85. The van der Waals surface area contributed by atoms with Crippen LogP contribution in [0.2, 0.25) is 0 Å². The van der Waals surface area contributed by atoms with Gasteiger partial charge < -0.3 is 10.2 Å². The Hall–Kier alpha value is -2.92. The van der Waals surface area contributed by atoms with Gasteiger partial charge in [0.25, 0.3) is 0 Å². The molecule has 2 fully saturated rings. The third-order valence-electron chi connectivity index (χ3n) is 6.58. The Morgan fingerprint density at radius 2 is 1.47 bits per heavy atom. The first-order valence-electron chi connectivity index (χ1n) is 11.8. The average molecular weight is 432 g/mol. The van der Waals surface area contributed by atoms with E-state index in [0.29, 0.717) is 13.1 Å². The molecule has 2 aromatic carbocycles. The van der Waals surface area contributed by atoms with Gasteiger partial charge in [-0.1, -0.05) is 60.7 Å². The first-order valence-corrected chi connectivity index (χ1v) is 11.8. The fourth-order valence-electron chi connectivity index (χ4n) is 4.60. The van der Waals surface area contributed by atoms with E-state index in [0.717, 1.165) is 50.9 Å². The van der Waals surface area contributed by atoms with E-state index >= 15 is 0 Å². The summed E-state index contributed by atoms with van der Waals surface area (Å²) in [7, 11) is 0. The zero-order chi connectivity index (χ0) is 22.2. The zero-order valence-electron chi connectivity index (χ0n) is 18.7. The molecule has 2 saturated heterocycles. The Labute approximate surface area is 191 Å². The molecule has 168 valence electrons. The molecule has 2 aromatic rings. The zero-order valence-corrected chi connectivity index (χ0v) is 18.7. The fourth-order valence-corrected chi connectivity index (χ4v) is 4.60. The summed E-state index contributed by atoms with van der Waals surface area (Å²) in [6.45, 7) is 4.30. The molecule has 4 rings (SSSR count). The van der Waals surface area contributed by atoms with Crippen LogP contribution in [0.3, 0.4) is 0 Å². The molecule has 32 heavy (non-hydrogen) atoms. The molecule has 0 bridgehead atoms. The van der Waals surface area contributed by atoms with E-state index in [1.165, 1.54) is 5.56 Å². The summed E-state index contributed by atoms with van der Waals surface area (Å²) in [6, 6.07) is 20.7. The number of rotatable bonds is 6. The van der Waals surface area contributed by atoms with E-state index in [1.807, 2.05) is 47.4 Å². The van der Waals surface area contributed by atoms with Crippen molar-refractivity contribution in [2.45, 2.75) is 38.3 Å². The molecule has 0 unspecified atom stereocenters. The van der Waals surface area contributed by atoms with Crippen LogP contribution in [0.15, 0.2) is 66.7 Å². The monoisotopic (exact) mass is 431 g/mol. The first kappa shape index (κ1) is 22.3. The van der Waals surface area contributed by atoms with Gasteiger partial charge in [0.15, 0.2) is 0 Å². The number of carbonyl (C=O) groups is 2. The number of amides is 2. The second kappa shape index (κ2) is 11.1. The highest BCUT2D eigenvalue weighted by Crippen LogP contribution is 2.20.